The third kappa shape index (κ3) is 5.01. The van der Waals surface area contributed by atoms with Crippen LogP contribution in [0.5, 0.6) is 0 Å². The molecule has 0 saturated carbocycles. The molecule has 4 rings (SSSR count). The smallest absolute Gasteiger partial charge is 0.469 e. The van der Waals surface area contributed by atoms with Crippen LogP contribution in [0, 0.1) is 0 Å². The first-order valence-corrected chi connectivity index (χ1v) is 11.5. The molecule has 0 radical (unpaired) electrons. The molecule has 0 aliphatic carbocycles. The van der Waals surface area contributed by atoms with Gasteiger partial charge < -0.3 is 24.7 Å². The molecule has 2 atom stereocenters. The van der Waals surface area contributed by atoms with E-state index in [0.717, 1.165) is 27.0 Å². The highest BCUT2D eigenvalue weighted by molar-refractivity contribution is 7.46. The maximum absolute atomic E-state index is 13.0. The highest BCUT2D eigenvalue weighted by Crippen LogP contribution is 2.37. The van der Waals surface area contributed by atoms with Crippen molar-refractivity contribution in [3.63, 3.8) is 0 Å². The Balaban J connectivity index is 1.63. The minimum atomic E-state index is -4.86. The molecule has 0 saturated heterocycles. The summed E-state index contributed by atoms with van der Waals surface area (Å²) in [6.45, 7) is -0.940. The van der Waals surface area contributed by atoms with Crippen LogP contribution in [0.1, 0.15) is 5.69 Å². The number of ether oxygens (including phenoxy) is 1. The van der Waals surface area contributed by atoms with Gasteiger partial charge >= 0.3 is 13.5 Å². The predicted octanol–water partition coefficient (Wildman–Crippen LogP) is 0.673. The van der Waals surface area contributed by atoms with Crippen molar-refractivity contribution in [3.05, 3.63) is 93.1 Å². The second kappa shape index (κ2) is 9.37. The molecular weight excluding hydrogens is 469 g/mol. The Morgan fingerprint density at radius 1 is 1.06 bits per heavy atom. The standard InChI is InChI=1S/C21H20N3O9P/c25-17-9-10-23(20-19(27)18(26)16(33-20)12-32-34(29,30)31)21(28)24(17)11-14-7-4-8-15(22-14)13-5-2-1-3-6-13/h1-10,16,18,26-27H,11-12H2,(H2,29,30,31)/t16-,18?/m1/s1. The number of aliphatic hydroxyl groups is 2. The van der Waals surface area contributed by atoms with Crippen LogP contribution in [0.4, 0.5) is 0 Å². The Morgan fingerprint density at radius 2 is 1.79 bits per heavy atom. The van der Waals surface area contributed by atoms with Crippen molar-refractivity contribution in [1.82, 2.24) is 14.1 Å². The van der Waals surface area contributed by atoms with Gasteiger partial charge in [0.05, 0.1) is 24.5 Å². The van der Waals surface area contributed by atoms with Gasteiger partial charge in [0.25, 0.3) is 5.56 Å². The van der Waals surface area contributed by atoms with Crippen molar-refractivity contribution in [2.24, 2.45) is 0 Å². The summed E-state index contributed by atoms with van der Waals surface area (Å²) in [5.41, 5.74) is 0.418. The number of hydrogen-bond donors (Lipinski definition) is 4. The van der Waals surface area contributed by atoms with E-state index in [1.807, 2.05) is 30.3 Å². The van der Waals surface area contributed by atoms with E-state index in [1.165, 1.54) is 0 Å². The first-order chi connectivity index (χ1) is 16.1. The molecular formula is C21H20N3O9P. The van der Waals surface area contributed by atoms with Gasteiger partial charge in [0.15, 0.2) is 18.0 Å². The van der Waals surface area contributed by atoms with Gasteiger partial charge in [-0.15, -0.1) is 0 Å². The third-order valence-electron chi connectivity index (χ3n) is 5.01. The Labute approximate surface area is 191 Å². The zero-order chi connectivity index (χ0) is 24.5. The molecule has 0 spiro atoms. The van der Waals surface area contributed by atoms with Gasteiger partial charge in [-0.2, -0.15) is 0 Å². The average Bonchev–Trinajstić information content (AvgIpc) is 3.09. The van der Waals surface area contributed by atoms with E-state index in [2.05, 4.69) is 9.51 Å². The van der Waals surface area contributed by atoms with E-state index in [0.29, 0.717) is 11.4 Å². The normalized spacial score (nSPS) is 18.2. The molecule has 1 unspecified atom stereocenters. The lowest BCUT2D eigenvalue weighted by Gasteiger charge is -2.16. The molecule has 1 aromatic carbocycles. The largest absolute Gasteiger partial charge is 0.505 e. The number of hydrogen-bond acceptors (Lipinski definition) is 8. The Hall–Kier alpha value is -3.54. The molecule has 0 bridgehead atoms. The molecule has 34 heavy (non-hydrogen) atoms. The summed E-state index contributed by atoms with van der Waals surface area (Å²) in [6.07, 6.45) is -2.04. The van der Waals surface area contributed by atoms with E-state index in [-0.39, 0.29) is 6.54 Å². The zero-order valence-corrected chi connectivity index (χ0v) is 18.4. The molecule has 4 N–H and O–H groups in total. The lowest BCUT2D eigenvalue weighted by molar-refractivity contribution is 0.0128. The maximum atomic E-state index is 13.0. The van der Waals surface area contributed by atoms with Crippen molar-refractivity contribution >= 4 is 13.7 Å². The molecule has 178 valence electrons. The van der Waals surface area contributed by atoms with Gasteiger partial charge in [0.2, 0.25) is 5.88 Å². The van der Waals surface area contributed by atoms with Gasteiger partial charge in [0, 0.05) is 17.8 Å². The van der Waals surface area contributed by atoms with Crippen molar-refractivity contribution in [3.8, 4) is 11.3 Å². The molecule has 1 aliphatic heterocycles. The van der Waals surface area contributed by atoms with E-state index >= 15 is 0 Å². The van der Waals surface area contributed by atoms with E-state index < -0.39 is 49.5 Å². The number of aromatic nitrogens is 3. The Kier molecular flexibility index (Phi) is 6.51. The van der Waals surface area contributed by atoms with Gasteiger partial charge in [-0.05, 0) is 12.1 Å². The number of nitrogens with zero attached hydrogens (tertiary/aromatic N) is 3. The molecule has 3 aromatic rings. The highest BCUT2D eigenvalue weighted by Gasteiger charge is 2.38. The fourth-order valence-electron chi connectivity index (χ4n) is 3.36. The first-order valence-electron chi connectivity index (χ1n) is 9.96. The quantitative estimate of drug-likeness (QED) is 0.346. The lowest BCUT2D eigenvalue weighted by Crippen LogP contribution is -2.39. The topological polar surface area (TPSA) is 173 Å². The fourth-order valence-corrected chi connectivity index (χ4v) is 3.70. The van der Waals surface area contributed by atoms with Crippen molar-refractivity contribution in [1.29, 1.82) is 0 Å². The summed E-state index contributed by atoms with van der Waals surface area (Å²) in [5.74, 6) is -1.24. The average molecular weight is 489 g/mol. The number of rotatable bonds is 7. The summed E-state index contributed by atoms with van der Waals surface area (Å²) < 4.78 is 22.2. The molecule has 3 heterocycles. The summed E-state index contributed by atoms with van der Waals surface area (Å²) in [7, 11) is -4.86. The molecule has 1 aliphatic rings. The predicted molar refractivity (Wildman–Crippen MR) is 118 cm³/mol. The molecule has 0 fully saturated rings. The summed E-state index contributed by atoms with van der Waals surface area (Å²) in [5, 5.41) is 20.4. The van der Waals surface area contributed by atoms with Crippen LogP contribution >= 0.6 is 7.82 Å². The van der Waals surface area contributed by atoms with Crippen molar-refractivity contribution in [2.75, 3.05) is 6.61 Å². The minimum absolute atomic E-state index is 0.180. The van der Waals surface area contributed by atoms with E-state index in [9.17, 15) is 24.4 Å². The number of phosphoric ester groups is 1. The molecule has 2 aromatic heterocycles. The van der Waals surface area contributed by atoms with Crippen LogP contribution in [0.15, 0.2) is 76.1 Å². The van der Waals surface area contributed by atoms with Gasteiger partial charge in [-0.25, -0.2) is 13.9 Å². The van der Waals surface area contributed by atoms with Crippen molar-refractivity contribution in [2.45, 2.75) is 18.8 Å². The summed E-state index contributed by atoms with van der Waals surface area (Å²) >= 11 is 0. The Morgan fingerprint density at radius 3 is 2.50 bits per heavy atom. The summed E-state index contributed by atoms with van der Waals surface area (Å²) in [6, 6.07) is 15.6. The molecule has 12 nitrogen and oxygen atoms in total. The first kappa shape index (κ1) is 23.6. The number of aliphatic hydroxyl groups excluding tert-OH is 2. The van der Waals surface area contributed by atoms with Crippen LogP contribution in [-0.4, -0.2) is 52.9 Å². The van der Waals surface area contributed by atoms with Gasteiger partial charge in [-0.3, -0.25) is 18.9 Å². The second-order valence-electron chi connectivity index (χ2n) is 7.35. The summed E-state index contributed by atoms with van der Waals surface area (Å²) in [4.78, 5) is 47.7. The third-order valence-corrected chi connectivity index (χ3v) is 5.49. The van der Waals surface area contributed by atoms with Crippen LogP contribution in [0.25, 0.3) is 17.1 Å². The second-order valence-corrected chi connectivity index (χ2v) is 8.59. The van der Waals surface area contributed by atoms with Crippen LogP contribution < -0.4 is 11.2 Å². The minimum Gasteiger partial charge on any atom is -0.505 e. The van der Waals surface area contributed by atoms with E-state index in [1.54, 1.807) is 18.2 Å². The van der Waals surface area contributed by atoms with E-state index in [4.69, 9.17) is 14.5 Å². The zero-order valence-electron chi connectivity index (χ0n) is 17.5. The van der Waals surface area contributed by atoms with Crippen LogP contribution in [-0.2, 0) is 20.4 Å². The molecule has 13 heteroatoms. The monoisotopic (exact) mass is 489 g/mol. The van der Waals surface area contributed by atoms with Crippen LogP contribution in [0.3, 0.4) is 0 Å². The number of pyridine rings is 1. The van der Waals surface area contributed by atoms with Crippen molar-refractivity contribution < 1.29 is 33.8 Å². The van der Waals surface area contributed by atoms with Gasteiger partial charge in [0.1, 0.15) is 0 Å². The SMILES string of the molecule is O=c1ccn(C2=C(O)C(O)[C@@H](COP(=O)(O)O)O2)c(=O)n1Cc1cccc(-c2ccccc2)n1. The maximum Gasteiger partial charge on any atom is 0.469 e. The number of phosphoric acid groups is 1. The fraction of sp³-hybridized carbons (Fsp3) is 0.190. The number of benzene rings is 1. The Bertz CT molecular complexity index is 1390. The lowest BCUT2D eigenvalue weighted by atomic mass is 10.1. The highest BCUT2D eigenvalue weighted by atomic mass is 31.2. The molecule has 0 amide bonds. The van der Waals surface area contributed by atoms with Crippen LogP contribution in [0.2, 0.25) is 0 Å². The van der Waals surface area contributed by atoms with Gasteiger partial charge in [-0.1, -0.05) is 36.4 Å².